The molecule has 0 saturated heterocycles. The van der Waals surface area contributed by atoms with Crippen molar-refractivity contribution >= 4 is 40.0 Å². The van der Waals surface area contributed by atoms with E-state index in [1.54, 1.807) is 11.8 Å². The van der Waals surface area contributed by atoms with Gasteiger partial charge in [0.05, 0.1) is 6.61 Å². The molecule has 1 aromatic carbocycles. The average molecular weight is 295 g/mol. The van der Waals surface area contributed by atoms with Gasteiger partial charge in [-0.3, -0.25) is 0 Å². The van der Waals surface area contributed by atoms with Crippen molar-refractivity contribution < 1.29 is 5.11 Å². The van der Waals surface area contributed by atoms with Gasteiger partial charge in [-0.25, -0.2) is 0 Å². The summed E-state index contributed by atoms with van der Waals surface area (Å²) in [5, 5.41) is 9.01. The summed E-state index contributed by atoms with van der Waals surface area (Å²) >= 11 is 3.76. The Bertz CT molecular complexity index is 262. The highest BCUT2D eigenvalue weighted by Gasteiger charge is 2.04. The van der Waals surface area contributed by atoms with Crippen molar-refractivity contribution in [3.63, 3.8) is 0 Å². The molecule has 0 aliphatic heterocycles. The molecule has 1 rings (SSSR count). The van der Waals surface area contributed by atoms with Gasteiger partial charge in [-0.05, 0) is 46.5 Å². The van der Waals surface area contributed by atoms with Crippen LogP contribution < -0.4 is 5.73 Å². The number of benzene rings is 1. The van der Waals surface area contributed by atoms with Gasteiger partial charge in [0.2, 0.25) is 0 Å². The Morgan fingerprint density at radius 1 is 1.58 bits per heavy atom. The van der Waals surface area contributed by atoms with Crippen LogP contribution in [0.3, 0.4) is 0 Å². The average Bonchev–Trinajstić information content (AvgIpc) is 2.09. The Hall–Kier alpha value is 0.0600. The van der Waals surface area contributed by atoms with Crippen LogP contribution in [0.15, 0.2) is 17.0 Å². The minimum atomic E-state index is 0.0758. The van der Waals surface area contributed by atoms with Gasteiger partial charge in [-0.2, -0.15) is 0 Å². The minimum Gasteiger partial charge on any atom is -0.398 e. The highest BCUT2D eigenvalue weighted by Crippen LogP contribution is 2.27. The van der Waals surface area contributed by atoms with E-state index in [0.29, 0.717) is 0 Å². The molecule has 0 aliphatic carbocycles. The maximum absolute atomic E-state index is 9.01. The number of aliphatic hydroxyl groups excluding tert-OH is 1. The normalized spacial score (nSPS) is 10.2. The molecule has 0 heterocycles. The van der Waals surface area contributed by atoms with E-state index in [1.807, 2.05) is 18.4 Å². The van der Waals surface area contributed by atoms with E-state index < -0.39 is 0 Å². The second kappa shape index (κ2) is 4.34. The van der Waals surface area contributed by atoms with Gasteiger partial charge in [0.1, 0.15) is 0 Å². The Kier molecular flexibility index (Phi) is 3.67. The standard InChI is InChI=1S/C8H10INOS/c1-12-8-3-7(10)6(9)2-5(8)4-11/h2-3,11H,4,10H2,1H3. The molecule has 4 heteroatoms. The molecule has 3 N–H and O–H groups in total. The number of nitrogens with two attached hydrogens (primary N) is 1. The van der Waals surface area contributed by atoms with E-state index in [1.165, 1.54) is 0 Å². The first-order chi connectivity index (χ1) is 5.69. The third-order valence-corrected chi connectivity index (χ3v) is 3.32. The maximum atomic E-state index is 9.01. The van der Waals surface area contributed by atoms with E-state index in [2.05, 4.69) is 22.6 Å². The van der Waals surface area contributed by atoms with Crippen molar-refractivity contribution in [1.29, 1.82) is 0 Å². The first kappa shape index (κ1) is 10.1. The molecule has 66 valence electrons. The zero-order valence-electron chi connectivity index (χ0n) is 6.67. The molecular formula is C8H10INOS. The molecule has 0 aliphatic rings. The number of anilines is 1. The molecule has 0 atom stereocenters. The summed E-state index contributed by atoms with van der Waals surface area (Å²) in [5.74, 6) is 0. The van der Waals surface area contributed by atoms with Crippen LogP contribution in [0.4, 0.5) is 5.69 Å². The number of hydrogen-bond donors (Lipinski definition) is 2. The largest absolute Gasteiger partial charge is 0.398 e. The van der Waals surface area contributed by atoms with Crippen LogP contribution in [-0.4, -0.2) is 11.4 Å². The number of thioether (sulfide) groups is 1. The molecule has 0 saturated carbocycles. The molecule has 0 aromatic heterocycles. The molecule has 0 unspecified atom stereocenters. The predicted octanol–water partition coefficient (Wildman–Crippen LogP) is 2.09. The van der Waals surface area contributed by atoms with Gasteiger partial charge in [0.15, 0.2) is 0 Å². The summed E-state index contributed by atoms with van der Waals surface area (Å²) in [6.45, 7) is 0.0758. The Morgan fingerprint density at radius 2 is 2.25 bits per heavy atom. The fraction of sp³-hybridized carbons (Fsp3) is 0.250. The van der Waals surface area contributed by atoms with E-state index >= 15 is 0 Å². The van der Waals surface area contributed by atoms with Crippen molar-refractivity contribution in [2.45, 2.75) is 11.5 Å². The van der Waals surface area contributed by atoms with Crippen LogP contribution in [0.2, 0.25) is 0 Å². The Morgan fingerprint density at radius 3 is 2.75 bits per heavy atom. The number of rotatable bonds is 2. The van der Waals surface area contributed by atoms with Crippen LogP contribution >= 0.6 is 34.4 Å². The number of halogens is 1. The summed E-state index contributed by atoms with van der Waals surface area (Å²) in [5.41, 5.74) is 7.44. The number of hydrogen-bond acceptors (Lipinski definition) is 3. The smallest absolute Gasteiger partial charge is 0.0693 e. The summed E-state index contributed by atoms with van der Waals surface area (Å²) in [4.78, 5) is 1.05. The lowest BCUT2D eigenvalue weighted by Gasteiger charge is -2.07. The lowest BCUT2D eigenvalue weighted by atomic mass is 10.2. The highest BCUT2D eigenvalue weighted by molar-refractivity contribution is 14.1. The summed E-state index contributed by atoms with van der Waals surface area (Å²) in [7, 11) is 0. The second-order valence-corrected chi connectivity index (χ2v) is 4.35. The lowest BCUT2D eigenvalue weighted by molar-refractivity contribution is 0.279. The molecule has 1 aromatic rings. The fourth-order valence-electron chi connectivity index (χ4n) is 0.924. The SMILES string of the molecule is CSc1cc(N)c(I)cc1CO. The van der Waals surface area contributed by atoms with Gasteiger partial charge >= 0.3 is 0 Å². The maximum Gasteiger partial charge on any atom is 0.0693 e. The van der Waals surface area contributed by atoms with Gasteiger partial charge in [0, 0.05) is 14.2 Å². The van der Waals surface area contributed by atoms with Crippen LogP contribution in [0.5, 0.6) is 0 Å². The molecule has 0 radical (unpaired) electrons. The molecular weight excluding hydrogens is 285 g/mol. The summed E-state index contributed by atoms with van der Waals surface area (Å²) < 4.78 is 0.995. The molecule has 0 bridgehead atoms. The van der Waals surface area contributed by atoms with Crippen LogP contribution in [0.1, 0.15) is 5.56 Å². The molecule has 0 fully saturated rings. The van der Waals surface area contributed by atoms with Crippen molar-refractivity contribution in [3.05, 3.63) is 21.3 Å². The van der Waals surface area contributed by atoms with Gasteiger partial charge < -0.3 is 10.8 Å². The van der Waals surface area contributed by atoms with Crippen LogP contribution in [0.25, 0.3) is 0 Å². The molecule has 12 heavy (non-hydrogen) atoms. The zero-order valence-corrected chi connectivity index (χ0v) is 9.65. The number of aliphatic hydroxyl groups is 1. The monoisotopic (exact) mass is 295 g/mol. The lowest BCUT2D eigenvalue weighted by Crippen LogP contribution is -1.94. The predicted molar refractivity (Wildman–Crippen MR) is 61.3 cm³/mol. The van der Waals surface area contributed by atoms with Gasteiger partial charge in [0.25, 0.3) is 0 Å². The minimum absolute atomic E-state index is 0.0758. The van der Waals surface area contributed by atoms with Crippen molar-refractivity contribution in [3.8, 4) is 0 Å². The number of nitrogen functional groups attached to an aromatic ring is 1. The molecule has 2 nitrogen and oxygen atoms in total. The topological polar surface area (TPSA) is 46.2 Å². The Balaban J connectivity index is 3.19. The summed E-state index contributed by atoms with van der Waals surface area (Å²) in [6.07, 6.45) is 1.97. The van der Waals surface area contributed by atoms with E-state index in [-0.39, 0.29) is 6.61 Å². The van der Waals surface area contributed by atoms with Crippen molar-refractivity contribution in [1.82, 2.24) is 0 Å². The van der Waals surface area contributed by atoms with Crippen molar-refractivity contribution in [2.75, 3.05) is 12.0 Å². The van der Waals surface area contributed by atoms with E-state index in [0.717, 1.165) is 19.7 Å². The third kappa shape index (κ3) is 2.05. The first-order valence-corrected chi connectivity index (χ1v) is 5.72. The van der Waals surface area contributed by atoms with E-state index in [4.69, 9.17) is 10.8 Å². The Labute approximate surface area is 89.7 Å². The van der Waals surface area contributed by atoms with Crippen LogP contribution in [0, 0.1) is 3.57 Å². The molecule has 0 spiro atoms. The zero-order chi connectivity index (χ0) is 9.14. The highest BCUT2D eigenvalue weighted by atomic mass is 127. The van der Waals surface area contributed by atoms with Crippen molar-refractivity contribution in [2.24, 2.45) is 0 Å². The van der Waals surface area contributed by atoms with E-state index in [9.17, 15) is 0 Å². The summed E-state index contributed by atoms with van der Waals surface area (Å²) in [6, 6.07) is 3.82. The van der Waals surface area contributed by atoms with Gasteiger partial charge in [-0.1, -0.05) is 0 Å². The molecule has 0 amide bonds. The second-order valence-electron chi connectivity index (χ2n) is 2.34. The van der Waals surface area contributed by atoms with Gasteiger partial charge in [-0.15, -0.1) is 11.8 Å². The van der Waals surface area contributed by atoms with Crippen LogP contribution in [-0.2, 0) is 6.61 Å². The first-order valence-electron chi connectivity index (χ1n) is 3.41. The third-order valence-electron chi connectivity index (χ3n) is 1.57. The quantitative estimate of drug-likeness (QED) is 0.499. The fourth-order valence-corrected chi connectivity index (χ4v) is 2.09.